The van der Waals surface area contributed by atoms with Gasteiger partial charge in [0.05, 0.1) is 28.5 Å². The first kappa shape index (κ1) is 16.5. The topological polar surface area (TPSA) is 113 Å². The van der Waals surface area contributed by atoms with Crippen LogP contribution in [-0.4, -0.2) is 20.0 Å². The molecule has 0 unspecified atom stereocenters. The molecule has 0 saturated carbocycles. The third-order valence-corrected chi connectivity index (χ3v) is 5.47. The molecule has 2 aromatic heterocycles. The van der Waals surface area contributed by atoms with Crippen molar-refractivity contribution in [1.29, 1.82) is 5.26 Å². The van der Waals surface area contributed by atoms with Gasteiger partial charge in [-0.3, -0.25) is 9.48 Å². The minimum absolute atomic E-state index is 0.0622. The Labute approximate surface area is 180 Å². The number of rotatable bonds is 3. The number of aryl methyl sites for hydroxylation is 1. The average molecular weight is 408 g/mol. The summed E-state index contributed by atoms with van der Waals surface area (Å²) in [5, 5.41) is 23.0. The van der Waals surface area contributed by atoms with E-state index in [2.05, 4.69) is 21.4 Å². The number of nitrogens with zero attached hydrogens (tertiary/aromatic N) is 4. The van der Waals surface area contributed by atoms with E-state index in [9.17, 15) is 10.1 Å². The van der Waals surface area contributed by atoms with Crippen LogP contribution in [0.15, 0.2) is 65.6 Å². The van der Waals surface area contributed by atoms with E-state index >= 15 is 0 Å². The highest BCUT2D eigenvalue weighted by atomic mass is 16.1. The molecule has 2 heterocycles. The lowest BCUT2D eigenvalue weighted by Crippen LogP contribution is -2.13. The van der Waals surface area contributed by atoms with Crippen LogP contribution in [0.5, 0.6) is 0 Å². The zero-order valence-corrected chi connectivity index (χ0v) is 16.5. The third-order valence-electron chi connectivity index (χ3n) is 5.47. The molecule has 0 aliphatic heterocycles. The SMILES string of the molecule is [2H]C([2H])(N)c1n[nH]c(=O)c2ccc(-c3cnn(C)c3-c3ccc4ccccc4c3C#N)cc12. The molecule has 5 aromatic rings. The van der Waals surface area contributed by atoms with Crippen molar-refractivity contribution in [3.05, 3.63) is 82.4 Å². The Balaban J connectivity index is 1.79. The fraction of sp³-hybridized carbons (Fsp3) is 0.0833. The van der Waals surface area contributed by atoms with E-state index in [0.717, 1.165) is 27.6 Å². The summed E-state index contributed by atoms with van der Waals surface area (Å²) in [5.74, 6) is 0. The van der Waals surface area contributed by atoms with Crippen molar-refractivity contribution in [3.63, 3.8) is 0 Å². The normalized spacial score (nSPS) is 12.5. The predicted octanol–water partition coefficient (Wildman–Crippen LogP) is 3.47. The Bertz CT molecular complexity index is 1660. The Hall–Kier alpha value is -4.28. The molecule has 0 spiro atoms. The third kappa shape index (κ3) is 2.89. The van der Waals surface area contributed by atoms with Gasteiger partial charge in [0.25, 0.3) is 5.56 Å². The lowest BCUT2D eigenvalue weighted by molar-refractivity contribution is 0.776. The minimum Gasteiger partial charge on any atom is -0.325 e. The number of nitriles is 1. The Morgan fingerprint density at radius 2 is 1.97 bits per heavy atom. The number of nitrogens with two attached hydrogens (primary N) is 1. The second-order valence-corrected chi connectivity index (χ2v) is 7.16. The van der Waals surface area contributed by atoms with Crippen molar-refractivity contribution in [2.75, 3.05) is 0 Å². The Morgan fingerprint density at radius 1 is 1.13 bits per heavy atom. The number of aromatic nitrogens is 4. The number of aromatic amines is 1. The first-order valence-corrected chi connectivity index (χ1v) is 9.56. The number of hydrogen-bond donors (Lipinski definition) is 2. The van der Waals surface area contributed by atoms with Crippen LogP contribution in [0, 0.1) is 11.3 Å². The van der Waals surface area contributed by atoms with Crippen LogP contribution in [0.25, 0.3) is 43.9 Å². The molecule has 7 heteroatoms. The van der Waals surface area contributed by atoms with Gasteiger partial charge in [0.1, 0.15) is 6.07 Å². The molecule has 7 nitrogen and oxygen atoms in total. The molecule has 0 amide bonds. The molecule has 0 atom stereocenters. The van der Waals surface area contributed by atoms with Crippen molar-refractivity contribution in [3.8, 4) is 28.5 Å². The fourth-order valence-corrected chi connectivity index (χ4v) is 4.00. The molecule has 0 fully saturated rings. The number of benzene rings is 3. The summed E-state index contributed by atoms with van der Waals surface area (Å²) in [4.78, 5) is 12.3. The van der Waals surface area contributed by atoms with E-state index in [4.69, 9.17) is 8.48 Å². The molecule has 3 aromatic carbocycles. The largest absolute Gasteiger partial charge is 0.325 e. The van der Waals surface area contributed by atoms with Gasteiger partial charge in [-0.25, -0.2) is 5.10 Å². The van der Waals surface area contributed by atoms with Crippen LogP contribution in [0.1, 0.15) is 14.0 Å². The van der Waals surface area contributed by atoms with Crippen molar-refractivity contribution >= 4 is 21.5 Å². The zero-order valence-electron chi connectivity index (χ0n) is 18.5. The van der Waals surface area contributed by atoms with E-state index < -0.39 is 12.1 Å². The van der Waals surface area contributed by atoms with Gasteiger partial charge in [-0.15, -0.1) is 0 Å². The van der Waals surface area contributed by atoms with E-state index in [1.165, 1.54) is 0 Å². The summed E-state index contributed by atoms with van der Waals surface area (Å²) in [6, 6.07) is 19.0. The highest BCUT2D eigenvalue weighted by Gasteiger charge is 2.19. The first-order valence-electron chi connectivity index (χ1n) is 10.6. The number of H-pyrrole nitrogens is 1. The number of hydrogen-bond acceptors (Lipinski definition) is 5. The molecule has 0 radical (unpaired) electrons. The molecule has 5 rings (SSSR count). The molecule has 0 aliphatic rings. The maximum absolute atomic E-state index is 12.3. The van der Waals surface area contributed by atoms with Crippen LogP contribution in [0.3, 0.4) is 0 Å². The molecule has 0 bridgehead atoms. The molecule has 31 heavy (non-hydrogen) atoms. The second-order valence-electron chi connectivity index (χ2n) is 7.16. The summed E-state index contributed by atoms with van der Waals surface area (Å²) in [6.45, 7) is -2.24. The van der Waals surface area contributed by atoms with Gasteiger partial charge >= 0.3 is 0 Å². The van der Waals surface area contributed by atoms with Gasteiger partial charge in [-0.05, 0) is 23.1 Å². The lowest BCUT2D eigenvalue weighted by Gasteiger charge is -2.12. The zero-order chi connectivity index (χ0) is 23.3. The van der Waals surface area contributed by atoms with Crippen molar-refractivity contribution in [2.24, 2.45) is 12.8 Å². The van der Waals surface area contributed by atoms with Crippen LogP contribution in [-0.2, 0) is 13.5 Å². The highest BCUT2D eigenvalue weighted by molar-refractivity contribution is 5.97. The quantitative estimate of drug-likeness (QED) is 0.474. The monoisotopic (exact) mass is 408 g/mol. The first-order chi connectivity index (χ1) is 15.8. The van der Waals surface area contributed by atoms with Gasteiger partial charge in [-0.2, -0.15) is 15.5 Å². The standard InChI is InChI=1S/C24H18N6O/c1-30-23(17-8-6-14-4-2-3-5-16(14)20(17)11-25)21(13-27-30)15-7-9-18-19(10-15)22(12-26)28-29-24(18)31/h2-10,13H,12,26H2,1H3,(H,29,31)/i12D2. The van der Waals surface area contributed by atoms with Crippen LogP contribution >= 0.6 is 0 Å². The summed E-state index contributed by atoms with van der Waals surface area (Å²) in [7, 11) is 1.80. The van der Waals surface area contributed by atoms with E-state index in [1.54, 1.807) is 36.1 Å². The predicted molar refractivity (Wildman–Crippen MR) is 120 cm³/mol. The molecule has 0 aliphatic carbocycles. The summed E-state index contributed by atoms with van der Waals surface area (Å²) in [5.41, 5.74) is 8.60. The second kappa shape index (κ2) is 7.20. The minimum atomic E-state index is -2.24. The number of fused-ring (bicyclic) bond motifs is 2. The molecule has 0 saturated heterocycles. The molecular formula is C24H18N6O. The molecular weight excluding hydrogens is 388 g/mol. The van der Waals surface area contributed by atoms with Crippen molar-refractivity contribution in [2.45, 2.75) is 6.50 Å². The summed E-state index contributed by atoms with van der Waals surface area (Å²) in [6.07, 6.45) is 1.68. The van der Waals surface area contributed by atoms with E-state index in [1.807, 2.05) is 36.4 Å². The van der Waals surface area contributed by atoms with E-state index in [0.29, 0.717) is 16.5 Å². The smallest absolute Gasteiger partial charge is 0.272 e. The van der Waals surface area contributed by atoms with Crippen LogP contribution in [0.2, 0.25) is 0 Å². The summed E-state index contributed by atoms with van der Waals surface area (Å²) < 4.78 is 17.5. The van der Waals surface area contributed by atoms with E-state index in [-0.39, 0.29) is 11.1 Å². The molecule has 3 N–H and O–H groups in total. The van der Waals surface area contributed by atoms with Gasteiger partial charge in [0, 0.05) is 38.2 Å². The fourth-order valence-electron chi connectivity index (χ4n) is 4.00. The molecule has 150 valence electrons. The highest BCUT2D eigenvalue weighted by Crippen LogP contribution is 2.37. The number of nitrogens with one attached hydrogen (secondary N) is 1. The lowest BCUT2D eigenvalue weighted by atomic mass is 9.93. The Morgan fingerprint density at radius 3 is 2.77 bits per heavy atom. The van der Waals surface area contributed by atoms with Gasteiger partial charge < -0.3 is 5.73 Å². The van der Waals surface area contributed by atoms with Crippen LogP contribution in [0.4, 0.5) is 0 Å². The van der Waals surface area contributed by atoms with Gasteiger partial charge in [-0.1, -0.05) is 42.5 Å². The van der Waals surface area contributed by atoms with Crippen molar-refractivity contribution < 1.29 is 2.74 Å². The summed E-state index contributed by atoms with van der Waals surface area (Å²) >= 11 is 0. The van der Waals surface area contributed by atoms with Crippen molar-refractivity contribution in [1.82, 2.24) is 20.0 Å². The van der Waals surface area contributed by atoms with Crippen LogP contribution < -0.4 is 11.3 Å². The maximum atomic E-state index is 12.3. The van der Waals surface area contributed by atoms with Gasteiger partial charge in [0.2, 0.25) is 0 Å². The van der Waals surface area contributed by atoms with Gasteiger partial charge in [0.15, 0.2) is 0 Å². The average Bonchev–Trinajstić information content (AvgIpc) is 3.18. The Kier molecular flexibility index (Phi) is 3.83. The maximum Gasteiger partial charge on any atom is 0.272 e.